The van der Waals surface area contributed by atoms with E-state index in [9.17, 15) is 19.2 Å². The van der Waals surface area contributed by atoms with Crippen LogP contribution in [-0.2, 0) is 23.8 Å². The van der Waals surface area contributed by atoms with Gasteiger partial charge >= 0.3 is 17.9 Å². The molecule has 0 aromatic carbocycles. The van der Waals surface area contributed by atoms with Crippen LogP contribution in [-0.4, -0.2) is 43.6 Å². The average Bonchev–Trinajstić information content (AvgIpc) is 3.03. The number of amides is 1. The number of esters is 3. The monoisotopic (exact) mass is 425 g/mol. The zero-order chi connectivity index (χ0) is 21.4. The van der Waals surface area contributed by atoms with Crippen LogP contribution >= 0.6 is 11.3 Å². The lowest BCUT2D eigenvalue weighted by Crippen LogP contribution is -2.26. The molecule has 1 saturated carbocycles. The summed E-state index contributed by atoms with van der Waals surface area (Å²) < 4.78 is 15.2. The number of anilines is 1. The van der Waals surface area contributed by atoms with E-state index in [1.165, 1.54) is 0 Å². The second kappa shape index (κ2) is 10.9. The number of hydrogen-bond donors (Lipinski definition) is 1. The van der Waals surface area contributed by atoms with Crippen molar-refractivity contribution in [2.24, 2.45) is 5.92 Å². The van der Waals surface area contributed by atoms with Crippen molar-refractivity contribution < 1.29 is 33.4 Å². The zero-order valence-electron chi connectivity index (χ0n) is 17.0. The molecule has 2 rings (SSSR count). The summed E-state index contributed by atoms with van der Waals surface area (Å²) in [5.41, 5.74) is 0.480. The Morgan fingerprint density at radius 3 is 2.21 bits per heavy atom. The van der Waals surface area contributed by atoms with Gasteiger partial charge in [0.2, 0.25) is 0 Å². The van der Waals surface area contributed by atoms with Gasteiger partial charge in [-0.1, -0.05) is 19.3 Å². The van der Waals surface area contributed by atoms with Gasteiger partial charge in [-0.15, -0.1) is 11.3 Å². The molecule has 1 heterocycles. The van der Waals surface area contributed by atoms with Crippen LogP contribution in [0.4, 0.5) is 5.00 Å². The Labute approximate surface area is 173 Å². The van der Waals surface area contributed by atoms with Crippen molar-refractivity contribution >= 4 is 40.2 Å². The Morgan fingerprint density at radius 2 is 1.59 bits per heavy atom. The van der Waals surface area contributed by atoms with Crippen molar-refractivity contribution in [3.05, 3.63) is 16.0 Å². The predicted molar refractivity (Wildman–Crippen MR) is 107 cm³/mol. The molecule has 1 N–H and O–H groups in total. The summed E-state index contributed by atoms with van der Waals surface area (Å²) >= 11 is 0.931. The minimum atomic E-state index is -0.647. The molecule has 0 radical (unpaired) electrons. The highest BCUT2D eigenvalue weighted by atomic mass is 32.1. The maximum atomic E-state index is 12.3. The Kier molecular flexibility index (Phi) is 8.63. The topological polar surface area (TPSA) is 108 Å². The lowest BCUT2D eigenvalue weighted by atomic mass is 9.89. The number of carbonyl (C=O) groups excluding carboxylic acids is 4. The van der Waals surface area contributed by atoms with E-state index in [-0.39, 0.29) is 40.5 Å². The number of hydrogen-bond acceptors (Lipinski definition) is 8. The van der Waals surface area contributed by atoms with E-state index in [1.54, 1.807) is 20.8 Å². The average molecular weight is 426 g/mol. The molecule has 1 aliphatic carbocycles. The first kappa shape index (κ1) is 22.9. The van der Waals surface area contributed by atoms with Crippen LogP contribution in [0.3, 0.4) is 0 Å². The molecule has 0 unspecified atom stereocenters. The molecule has 0 bridgehead atoms. The summed E-state index contributed by atoms with van der Waals surface area (Å²) in [5.74, 6) is -2.35. The summed E-state index contributed by atoms with van der Waals surface area (Å²) in [4.78, 5) is 49.1. The largest absolute Gasteiger partial charge is 0.462 e. The molecule has 1 amide bonds. The molecule has 1 aromatic rings. The lowest BCUT2D eigenvalue weighted by Gasteiger charge is -2.19. The fourth-order valence-electron chi connectivity index (χ4n) is 3.20. The molecule has 1 aliphatic rings. The van der Waals surface area contributed by atoms with Crippen molar-refractivity contribution in [3.63, 3.8) is 0 Å². The second-order valence-corrected chi connectivity index (χ2v) is 7.71. The van der Waals surface area contributed by atoms with Crippen LogP contribution in [0.5, 0.6) is 0 Å². The Balaban J connectivity index is 2.09. The van der Waals surface area contributed by atoms with Gasteiger partial charge in [-0.3, -0.25) is 9.59 Å². The van der Waals surface area contributed by atoms with Crippen molar-refractivity contribution in [1.82, 2.24) is 0 Å². The van der Waals surface area contributed by atoms with Gasteiger partial charge in [0.1, 0.15) is 9.88 Å². The third kappa shape index (κ3) is 6.03. The molecule has 0 atom stereocenters. The van der Waals surface area contributed by atoms with Crippen molar-refractivity contribution in [3.8, 4) is 0 Å². The molecule has 0 spiro atoms. The van der Waals surface area contributed by atoms with E-state index >= 15 is 0 Å². The van der Waals surface area contributed by atoms with Gasteiger partial charge in [0.15, 0.2) is 6.61 Å². The highest BCUT2D eigenvalue weighted by molar-refractivity contribution is 7.18. The van der Waals surface area contributed by atoms with Crippen LogP contribution in [0, 0.1) is 12.8 Å². The maximum absolute atomic E-state index is 12.3. The van der Waals surface area contributed by atoms with E-state index in [0.717, 1.165) is 43.4 Å². The third-order valence-electron chi connectivity index (χ3n) is 4.62. The van der Waals surface area contributed by atoms with Crippen LogP contribution in [0.25, 0.3) is 0 Å². The first-order valence-electron chi connectivity index (χ1n) is 9.83. The van der Waals surface area contributed by atoms with E-state index in [0.29, 0.717) is 5.56 Å². The van der Waals surface area contributed by atoms with Crippen LogP contribution < -0.4 is 5.32 Å². The second-order valence-electron chi connectivity index (χ2n) is 6.69. The molecule has 29 heavy (non-hydrogen) atoms. The van der Waals surface area contributed by atoms with Gasteiger partial charge in [0, 0.05) is 0 Å². The molecule has 0 saturated heterocycles. The highest BCUT2D eigenvalue weighted by Crippen LogP contribution is 2.34. The van der Waals surface area contributed by atoms with Crippen LogP contribution in [0.1, 0.15) is 71.5 Å². The minimum absolute atomic E-state index is 0.104. The van der Waals surface area contributed by atoms with Gasteiger partial charge in [-0.05, 0) is 39.2 Å². The molecule has 1 fully saturated rings. The van der Waals surface area contributed by atoms with E-state index in [4.69, 9.17) is 14.2 Å². The smallest absolute Gasteiger partial charge is 0.348 e. The molecule has 0 aliphatic heterocycles. The summed E-state index contributed by atoms with van der Waals surface area (Å²) in [7, 11) is 0. The Hall–Kier alpha value is -2.42. The Morgan fingerprint density at radius 1 is 0.966 bits per heavy atom. The van der Waals surface area contributed by atoms with Gasteiger partial charge in [-0.2, -0.15) is 0 Å². The Bertz CT molecular complexity index is 765. The molecule has 8 nitrogen and oxygen atoms in total. The highest BCUT2D eigenvalue weighted by Gasteiger charge is 2.28. The number of thiophene rings is 1. The molecular weight excluding hydrogens is 398 g/mol. The van der Waals surface area contributed by atoms with Crippen molar-refractivity contribution in [1.29, 1.82) is 0 Å². The fourth-order valence-corrected chi connectivity index (χ4v) is 4.30. The minimum Gasteiger partial charge on any atom is -0.462 e. The third-order valence-corrected chi connectivity index (χ3v) is 5.81. The quantitative estimate of drug-likeness (QED) is 0.502. The van der Waals surface area contributed by atoms with Gasteiger partial charge < -0.3 is 19.5 Å². The number of carbonyl (C=O) groups is 4. The number of ether oxygens (including phenoxy) is 3. The molecular formula is C20H27NO7S. The number of nitrogens with one attached hydrogen (secondary N) is 1. The SMILES string of the molecule is CCOC(=O)c1sc(NC(=O)COC(=O)C2CCCCC2)c(C(=O)OCC)c1C. The zero-order valence-corrected chi connectivity index (χ0v) is 17.8. The first-order chi connectivity index (χ1) is 13.9. The van der Waals surface area contributed by atoms with E-state index in [1.807, 2.05) is 0 Å². The normalized spacial score (nSPS) is 14.2. The fraction of sp³-hybridized carbons (Fsp3) is 0.600. The summed E-state index contributed by atoms with van der Waals surface area (Å²) in [6.45, 7) is 4.81. The molecule has 160 valence electrons. The van der Waals surface area contributed by atoms with E-state index in [2.05, 4.69) is 5.32 Å². The predicted octanol–water partition coefficient (Wildman–Crippen LogP) is 3.47. The standard InChI is InChI=1S/C20H27NO7S/c1-4-26-19(24)15-12(3)16(20(25)27-5-2)29-17(15)21-14(22)11-28-18(23)13-9-7-6-8-10-13/h13H,4-11H2,1-3H3,(H,21,22). The maximum Gasteiger partial charge on any atom is 0.348 e. The first-order valence-corrected chi connectivity index (χ1v) is 10.6. The summed E-state index contributed by atoms with van der Waals surface area (Å²) in [6.07, 6.45) is 4.64. The van der Waals surface area contributed by atoms with Gasteiger partial charge in [0.05, 0.1) is 24.7 Å². The summed E-state index contributed by atoms with van der Waals surface area (Å²) in [5, 5.41) is 2.73. The molecule has 9 heteroatoms. The van der Waals surface area contributed by atoms with Crippen LogP contribution in [0.15, 0.2) is 0 Å². The van der Waals surface area contributed by atoms with E-state index < -0.39 is 24.5 Å². The van der Waals surface area contributed by atoms with Crippen LogP contribution in [0.2, 0.25) is 0 Å². The van der Waals surface area contributed by atoms with Crippen molar-refractivity contribution in [2.45, 2.75) is 52.9 Å². The van der Waals surface area contributed by atoms with Crippen molar-refractivity contribution in [2.75, 3.05) is 25.1 Å². The van der Waals surface area contributed by atoms with Gasteiger partial charge in [0.25, 0.3) is 5.91 Å². The summed E-state index contributed by atoms with van der Waals surface area (Å²) in [6, 6.07) is 0. The van der Waals surface area contributed by atoms with Gasteiger partial charge in [-0.25, -0.2) is 9.59 Å². The molecule has 1 aromatic heterocycles. The lowest BCUT2D eigenvalue weighted by molar-refractivity contribution is -0.152. The number of rotatable bonds is 8.